The third kappa shape index (κ3) is 3.98. The molecule has 1 saturated heterocycles. The summed E-state index contributed by atoms with van der Waals surface area (Å²) >= 11 is 0. The molecule has 1 heterocycles. The van der Waals surface area contributed by atoms with Crippen LogP contribution in [0, 0.1) is 0 Å². The lowest BCUT2D eigenvalue weighted by Gasteiger charge is -2.33. The highest BCUT2D eigenvalue weighted by atomic mass is 16.6. The third-order valence-corrected chi connectivity index (χ3v) is 4.33. The number of ether oxygens (including phenoxy) is 4. The Morgan fingerprint density at radius 1 is 0.962 bits per heavy atom. The van der Waals surface area contributed by atoms with E-state index in [0.717, 1.165) is 5.56 Å². The molecule has 1 fully saturated rings. The first-order valence-corrected chi connectivity index (χ1v) is 8.54. The molecule has 0 unspecified atom stereocenters. The van der Waals surface area contributed by atoms with Gasteiger partial charge in [-0.05, 0) is 17.7 Å². The van der Waals surface area contributed by atoms with Gasteiger partial charge >= 0.3 is 5.97 Å². The molecule has 0 spiro atoms. The molecule has 1 atom stereocenters. The minimum Gasteiger partial charge on any atom is -0.493 e. The van der Waals surface area contributed by atoms with Gasteiger partial charge in [0.15, 0.2) is 11.5 Å². The first-order chi connectivity index (χ1) is 12.7. The van der Waals surface area contributed by atoms with Crippen molar-refractivity contribution in [3.8, 4) is 17.2 Å². The maximum absolute atomic E-state index is 13.1. The van der Waals surface area contributed by atoms with Gasteiger partial charge in [-0.3, -0.25) is 4.90 Å². The number of nitrogens with zero attached hydrogens (tertiary/aromatic N) is 1. The van der Waals surface area contributed by atoms with Crippen LogP contribution in [0.15, 0.2) is 48.5 Å². The lowest BCUT2D eigenvalue weighted by atomic mass is 10.0. The predicted molar refractivity (Wildman–Crippen MR) is 96.8 cm³/mol. The second-order valence-electron chi connectivity index (χ2n) is 5.87. The summed E-state index contributed by atoms with van der Waals surface area (Å²) in [6.45, 7) is 2.51. The second-order valence-corrected chi connectivity index (χ2v) is 5.87. The summed E-state index contributed by atoms with van der Waals surface area (Å²) in [5, 5.41) is 0. The van der Waals surface area contributed by atoms with Crippen LogP contribution >= 0.6 is 0 Å². The number of rotatable bonds is 6. The van der Waals surface area contributed by atoms with E-state index in [2.05, 4.69) is 4.90 Å². The zero-order valence-corrected chi connectivity index (χ0v) is 15.0. The van der Waals surface area contributed by atoms with Crippen LogP contribution in [0.1, 0.15) is 11.6 Å². The standard InChI is InChI=1S/C20H23NO5/c1-23-16-9-6-10-17(24-2)19(16)26-20(22)18(15-7-4-3-5-8-15)21-11-13-25-14-12-21/h3-10,18H,11-14H2,1-2H3/t18-/m0/s1. The number of esters is 1. The molecule has 0 radical (unpaired) electrons. The van der Waals surface area contributed by atoms with Crippen molar-refractivity contribution in [2.45, 2.75) is 6.04 Å². The minimum absolute atomic E-state index is 0.289. The van der Waals surface area contributed by atoms with Crippen LogP contribution in [0.2, 0.25) is 0 Å². The van der Waals surface area contributed by atoms with E-state index in [4.69, 9.17) is 18.9 Å². The van der Waals surface area contributed by atoms with Gasteiger partial charge in [-0.25, -0.2) is 4.79 Å². The topological polar surface area (TPSA) is 57.2 Å². The largest absolute Gasteiger partial charge is 0.493 e. The van der Waals surface area contributed by atoms with Crippen molar-refractivity contribution in [3.63, 3.8) is 0 Å². The van der Waals surface area contributed by atoms with E-state index in [0.29, 0.717) is 37.8 Å². The molecule has 0 bridgehead atoms. The number of hydrogen-bond acceptors (Lipinski definition) is 6. The summed E-state index contributed by atoms with van der Waals surface area (Å²) in [4.78, 5) is 15.2. The zero-order valence-electron chi connectivity index (χ0n) is 15.0. The fourth-order valence-electron chi connectivity index (χ4n) is 3.04. The normalized spacial score (nSPS) is 15.9. The van der Waals surface area contributed by atoms with Gasteiger partial charge in [-0.15, -0.1) is 0 Å². The Morgan fingerprint density at radius 3 is 2.15 bits per heavy atom. The first-order valence-electron chi connectivity index (χ1n) is 8.54. The number of morpholine rings is 1. The number of carbonyl (C=O) groups is 1. The van der Waals surface area contributed by atoms with E-state index in [1.165, 1.54) is 14.2 Å². The van der Waals surface area contributed by atoms with E-state index >= 15 is 0 Å². The number of carbonyl (C=O) groups excluding carboxylic acids is 1. The summed E-state index contributed by atoms with van der Waals surface area (Å²) in [5.74, 6) is 0.815. The smallest absolute Gasteiger partial charge is 0.333 e. The fraction of sp³-hybridized carbons (Fsp3) is 0.350. The van der Waals surface area contributed by atoms with E-state index < -0.39 is 6.04 Å². The molecule has 1 aliphatic rings. The van der Waals surface area contributed by atoms with Gasteiger partial charge in [0.2, 0.25) is 5.75 Å². The molecular formula is C20H23NO5. The lowest BCUT2D eigenvalue weighted by molar-refractivity contribution is -0.142. The van der Waals surface area contributed by atoms with Crippen molar-refractivity contribution < 1.29 is 23.7 Å². The van der Waals surface area contributed by atoms with Crippen molar-refractivity contribution in [2.24, 2.45) is 0 Å². The number of benzene rings is 2. The van der Waals surface area contributed by atoms with Crippen molar-refractivity contribution in [2.75, 3.05) is 40.5 Å². The lowest BCUT2D eigenvalue weighted by Crippen LogP contribution is -2.43. The average molecular weight is 357 g/mol. The van der Waals surface area contributed by atoms with Crippen LogP contribution < -0.4 is 14.2 Å². The van der Waals surface area contributed by atoms with Crippen molar-refractivity contribution in [1.82, 2.24) is 4.90 Å². The summed E-state index contributed by atoms with van der Waals surface area (Å²) in [5.41, 5.74) is 0.883. The van der Waals surface area contributed by atoms with Gasteiger partial charge in [0, 0.05) is 13.1 Å². The summed E-state index contributed by atoms with van der Waals surface area (Å²) in [7, 11) is 3.06. The maximum Gasteiger partial charge on any atom is 0.333 e. The third-order valence-electron chi connectivity index (χ3n) is 4.33. The van der Waals surface area contributed by atoms with Gasteiger partial charge in [0.1, 0.15) is 6.04 Å². The van der Waals surface area contributed by atoms with Crippen LogP contribution in [0.3, 0.4) is 0 Å². The van der Waals surface area contributed by atoms with Gasteiger partial charge in [-0.1, -0.05) is 36.4 Å². The molecule has 6 heteroatoms. The molecule has 0 N–H and O–H groups in total. The zero-order chi connectivity index (χ0) is 18.4. The number of para-hydroxylation sites is 1. The molecule has 3 rings (SSSR count). The highest BCUT2D eigenvalue weighted by Gasteiger charge is 2.32. The van der Waals surface area contributed by atoms with Crippen LogP contribution in [-0.4, -0.2) is 51.4 Å². The monoisotopic (exact) mass is 357 g/mol. The van der Waals surface area contributed by atoms with Crippen LogP contribution in [0.4, 0.5) is 0 Å². The fourth-order valence-corrected chi connectivity index (χ4v) is 3.04. The van der Waals surface area contributed by atoms with Crippen molar-refractivity contribution in [3.05, 3.63) is 54.1 Å². The molecule has 2 aromatic carbocycles. The molecule has 2 aromatic rings. The molecular weight excluding hydrogens is 334 g/mol. The van der Waals surface area contributed by atoms with Crippen LogP contribution in [0.5, 0.6) is 17.2 Å². The molecule has 0 saturated carbocycles. The summed E-state index contributed by atoms with van der Waals surface area (Å²) < 4.78 is 21.8. The molecule has 0 aliphatic carbocycles. The SMILES string of the molecule is COc1cccc(OC)c1OC(=O)[C@H](c1ccccc1)N1CCOCC1. The van der Waals surface area contributed by atoms with E-state index in [-0.39, 0.29) is 11.7 Å². The molecule has 0 amide bonds. The van der Waals surface area contributed by atoms with Crippen molar-refractivity contribution in [1.29, 1.82) is 0 Å². The van der Waals surface area contributed by atoms with E-state index in [9.17, 15) is 4.79 Å². The Labute approximate surface area is 153 Å². The maximum atomic E-state index is 13.1. The predicted octanol–water partition coefficient (Wildman–Crippen LogP) is 2.68. The molecule has 1 aliphatic heterocycles. The van der Waals surface area contributed by atoms with E-state index in [1.54, 1.807) is 18.2 Å². The number of methoxy groups -OCH3 is 2. The Hall–Kier alpha value is -2.57. The summed E-state index contributed by atoms with van der Waals surface area (Å²) in [6, 6.07) is 14.4. The molecule has 138 valence electrons. The Balaban J connectivity index is 1.91. The van der Waals surface area contributed by atoms with Gasteiger partial charge in [0.05, 0.1) is 27.4 Å². The highest BCUT2D eigenvalue weighted by Crippen LogP contribution is 2.38. The van der Waals surface area contributed by atoms with Crippen LogP contribution in [-0.2, 0) is 9.53 Å². The highest BCUT2D eigenvalue weighted by molar-refractivity contribution is 5.81. The molecule has 0 aromatic heterocycles. The average Bonchev–Trinajstić information content (AvgIpc) is 2.70. The Morgan fingerprint density at radius 2 is 1.58 bits per heavy atom. The Bertz CT molecular complexity index is 706. The summed E-state index contributed by atoms with van der Waals surface area (Å²) in [6.07, 6.45) is 0. The molecule has 26 heavy (non-hydrogen) atoms. The van der Waals surface area contributed by atoms with E-state index in [1.807, 2.05) is 30.3 Å². The first kappa shape index (κ1) is 18.2. The quantitative estimate of drug-likeness (QED) is 0.585. The van der Waals surface area contributed by atoms with Gasteiger partial charge < -0.3 is 18.9 Å². The van der Waals surface area contributed by atoms with Crippen molar-refractivity contribution >= 4 is 5.97 Å². The van der Waals surface area contributed by atoms with Gasteiger partial charge in [-0.2, -0.15) is 0 Å². The molecule has 6 nitrogen and oxygen atoms in total. The second kappa shape index (κ2) is 8.69. The van der Waals surface area contributed by atoms with Gasteiger partial charge in [0.25, 0.3) is 0 Å². The number of hydrogen-bond donors (Lipinski definition) is 0. The minimum atomic E-state index is -0.519. The van der Waals surface area contributed by atoms with Crippen LogP contribution in [0.25, 0.3) is 0 Å². The Kier molecular flexibility index (Phi) is 6.09.